The highest BCUT2D eigenvalue weighted by Crippen LogP contribution is 2.34. The summed E-state index contributed by atoms with van der Waals surface area (Å²) in [5.74, 6) is 0.214. The van der Waals surface area contributed by atoms with E-state index in [1.165, 1.54) is 0 Å². The molecule has 0 atom stereocenters. The molecule has 2 N–H and O–H groups in total. The second-order valence-corrected chi connectivity index (χ2v) is 6.80. The highest BCUT2D eigenvalue weighted by Gasteiger charge is 2.10. The van der Waals surface area contributed by atoms with Crippen LogP contribution in [0.2, 0.25) is 0 Å². The third-order valence-electron chi connectivity index (χ3n) is 4.71. The molecule has 0 aliphatic carbocycles. The highest BCUT2D eigenvalue weighted by molar-refractivity contribution is 5.98. The molecule has 4 heteroatoms. The van der Waals surface area contributed by atoms with Crippen LogP contribution in [0.3, 0.4) is 0 Å². The normalized spacial score (nSPS) is 10.9. The molecule has 0 unspecified atom stereocenters. The molecule has 0 saturated carbocycles. The molecule has 0 saturated heterocycles. The summed E-state index contributed by atoms with van der Waals surface area (Å²) in [6.45, 7) is 0. The topological polar surface area (TPSA) is 56.3 Å². The minimum Gasteiger partial charge on any atom is -0.508 e. The van der Waals surface area contributed by atoms with Gasteiger partial charge in [0.25, 0.3) is 0 Å². The molecule has 0 spiro atoms. The molecule has 4 rings (SSSR count). The Morgan fingerprint density at radius 1 is 0.815 bits per heavy atom. The highest BCUT2D eigenvalue weighted by atomic mass is 16.3. The van der Waals surface area contributed by atoms with Crippen molar-refractivity contribution in [2.24, 2.45) is 0 Å². The van der Waals surface area contributed by atoms with Crippen molar-refractivity contribution in [2.45, 2.75) is 0 Å². The van der Waals surface area contributed by atoms with E-state index in [0.717, 1.165) is 38.8 Å². The van der Waals surface area contributed by atoms with Gasteiger partial charge in [0, 0.05) is 36.8 Å². The maximum Gasteiger partial charge on any atom is 0.248 e. The quantitative estimate of drug-likeness (QED) is 0.562. The van der Waals surface area contributed by atoms with E-state index in [0.29, 0.717) is 0 Å². The minimum atomic E-state index is -0.135. The van der Waals surface area contributed by atoms with Crippen LogP contribution in [0.4, 0.5) is 5.69 Å². The summed E-state index contributed by atoms with van der Waals surface area (Å²) in [6.07, 6.45) is 0. The number of aromatic amines is 1. The maximum atomic E-state index is 11.9. The van der Waals surface area contributed by atoms with Gasteiger partial charge in [0.05, 0.1) is 0 Å². The third kappa shape index (κ3) is 3.29. The fourth-order valence-corrected chi connectivity index (χ4v) is 3.30. The van der Waals surface area contributed by atoms with Gasteiger partial charge in [0.15, 0.2) is 0 Å². The molecule has 4 nitrogen and oxygen atoms in total. The van der Waals surface area contributed by atoms with E-state index in [9.17, 15) is 9.90 Å². The summed E-state index contributed by atoms with van der Waals surface area (Å²) in [5, 5.41) is 10.8. The summed E-state index contributed by atoms with van der Waals surface area (Å²) in [4.78, 5) is 16.8. The average Bonchev–Trinajstić information content (AvgIpc) is 2.67. The number of aromatic nitrogens is 1. The number of fused-ring (bicyclic) bond motifs is 1. The number of phenols is 1. The van der Waals surface area contributed by atoms with Gasteiger partial charge >= 0.3 is 0 Å². The summed E-state index contributed by atoms with van der Waals surface area (Å²) in [6, 6.07) is 22.9. The van der Waals surface area contributed by atoms with Gasteiger partial charge < -0.3 is 15.0 Å². The first-order valence-corrected chi connectivity index (χ1v) is 8.75. The standard InChI is InChI=1S/C23H20N2O2/c1-25(2)18-8-6-15(7-9-18)21-13-17(16-4-3-5-19(26)12-16)14-22-20(21)10-11-23(27)24-22/h3-14,26H,1-2H3,(H,24,27). The predicted molar refractivity (Wildman–Crippen MR) is 111 cm³/mol. The van der Waals surface area contributed by atoms with Gasteiger partial charge in [-0.25, -0.2) is 0 Å². The van der Waals surface area contributed by atoms with Crippen molar-refractivity contribution >= 4 is 16.6 Å². The van der Waals surface area contributed by atoms with Crippen LogP contribution in [0, 0.1) is 0 Å². The fourth-order valence-electron chi connectivity index (χ4n) is 3.30. The van der Waals surface area contributed by atoms with Crippen molar-refractivity contribution in [1.29, 1.82) is 0 Å². The molecule has 0 radical (unpaired) electrons. The Hall–Kier alpha value is -3.53. The Morgan fingerprint density at radius 3 is 2.30 bits per heavy atom. The van der Waals surface area contributed by atoms with Crippen LogP contribution in [0.25, 0.3) is 33.2 Å². The molecule has 1 heterocycles. The lowest BCUT2D eigenvalue weighted by atomic mass is 9.94. The van der Waals surface area contributed by atoms with Crippen LogP contribution in [0.5, 0.6) is 5.75 Å². The first-order chi connectivity index (χ1) is 13.0. The maximum absolute atomic E-state index is 11.9. The fraction of sp³-hybridized carbons (Fsp3) is 0.0870. The summed E-state index contributed by atoms with van der Waals surface area (Å²) < 4.78 is 0. The molecule has 0 bridgehead atoms. The van der Waals surface area contributed by atoms with Crippen molar-refractivity contribution in [3.05, 3.63) is 83.2 Å². The largest absolute Gasteiger partial charge is 0.508 e. The zero-order valence-electron chi connectivity index (χ0n) is 15.2. The van der Waals surface area contributed by atoms with Gasteiger partial charge in [-0.15, -0.1) is 0 Å². The van der Waals surface area contributed by atoms with Crippen LogP contribution >= 0.6 is 0 Å². The third-order valence-corrected chi connectivity index (χ3v) is 4.71. The number of nitrogens with zero attached hydrogens (tertiary/aromatic N) is 1. The first kappa shape index (κ1) is 16.9. The minimum absolute atomic E-state index is 0.135. The Kier molecular flexibility index (Phi) is 4.16. The van der Waals surface area contributed by atoms with Crippen LogP contribution in [0.1, 0.15) is 0 Å². The van der Waals surface area contributed by atoms with Gasteiger partial charge in [0.2, 0.25) is 5.56 Å². The van der Waals surface area contributed by atoms with E-state index in [1.54, 1.807) is 18.2 Å². The number of hydrogen-bond donors (Lipinski definition) is 2. The molecule has 3 aromatic carbocycles. The van der Waals surface area contributed by atoms with Crippen LogP contribution < -0.4 is 10.5 Å². The molecule has 0 aliphatic rings. The number of H-pyrrole nitrogens is 1. The van der Waals surface area contributed by atoms with E-state index in [1.807, 2.05) is 38.4 Å². The lowest BCUT2D eigenvalue weighted by molar-refractivity contribution is 0.475. The van der Waals surface area contributed by atoms with E-state index in [4.69, 9.17) is 0 Å². The molecular formula is C23H20N2O2. The number of phenolic OH excluding ortho intramolecular Hbond substituents is 1. The predicted octanol–water partition coefficient (Wildman–Crippen LogP) is 4.63. The van der Waals surface area contributed by atoms with E-state index >= 15 is 0 Å². The van der Waals surface area contributed by atoms with Crippen LogP contribution in [-0.2, 0) is 0 Å². The SMILES string of the molecule is CN(C)c1ccc(-c2cc(-c3cccc(O)c3)cc3[nH]c(=O)ccc23)cc1. The van der Waals surface area contributed by atoms with E-state index in [2.05, 4.69) is 40.2 Å². The number of benzene rings is 3. The zero-order chi connectivity index (χ0) is 19.0. The van der Waals surface area contributed by atoms with E-state index < -0.39 is 0 Å². The molecule has 134 valence electrons. The van der Waals surface area contributed by atoms with Gasteiger partial charge in [-0.3, -0.25) is 4.79 Å². The average molecular weight is 356 g/mol. The second-order valence-electron chi connectivity index (χ2n) is 6.80. The molecule has 0 aliphatic heterocycles. The molecule has 4 aromatic rings. The number of anilines is 1. The number of nitrogens with one attached hydrogen (secondary N) is 1. The van der Waals surface area contributed by atoms with Crippen molar-refractivity contribution in [3.8, 4) is 28.0 Å². The molecule has 1 aromatic heterocycles. The monoisotopic (exact) mass is 356 g/mol. The summed E-state index contributed by atoms with van der Waals surface area (Å²) >= 11 is 0. The lowest BCUT2D eigenvalue weighted by Gasteiger charge is -2.14. The Balaban J connectivity index is 1.96. The van der Waals surface area contributed by atoms with Crippen molar-refractivity contribution < 1.29 is 5.11 Å². The van der Waals surface area contributed by atoms with Crippen LogP contribution in [-0.4, -0.2) is 24.2 Å². The molecule has 0 fully saturated rings. The van der Waals surface area contributed by atoms with Gasteiger partial charge in [0.1, 0.15) is 5.75 Å². The smallest absolute Gasteiger partial charge is 0.248 e. The Labute approximate surface area is 157 Å². The second kappa shape index (κ2) is 6.65. The summed E-state index contributed by atoms with van der Waals surface area (Å²) in [7, 11) is 4.02. The summed E-state index contributed by atoms with van der Waals surface area (Å²) in [5.41, 5.74) is 5.70. The molecular weight excluding hydrogens is 336 g/mol. The van der Waals surface area contributed by atoms with E-state index in [-0.39, 0.29) is 11.3 Å². The van der Waals surface area contributed by atoms with Crippen LogP contribution in [0.15, 0.2) is 77.6 Å². The molecule has 0 amide bonds. The number of hydrogen-bond acceptors (Lipinski definition) is 3. The molecule has 27 heavy (non-hydrogen) atoms. The van der Waals surface area contributed by atoms with Crippen molar-refractivity contribution in [3.63, 3.8) is 0 Å². The van der Waals surface area contributed by atoms with Gasteiger partial charge in [-0.2, -0.15) is 0 Å². The van der Waals surface area contributed by atoms with Crippen molar-refractivity contribution in [2.75, 3.05) is 19.0 Å². The van der Waals surface area contributed by atoms with Crippen molar-refractivity contribution in [1.82, 2.24) is 4.98 Å². The number of aromatic hydroxyl groups is 1. The number of pyridine rings is 1. The van der Waals surface area contributed by atoms with Gasteiger partial charge in [-0.05, 0) is 64.7 Å². The first-order valence-electron chi connectivity index (χ1n) is 8.75. The Bertz CT molecular complexity index is 1180. The number of rotatable bonds is 3. The Morgan fingerprint density at radius 2 is 1.59 bits per heavy atom. The zero-order valence-corrected chi connectivity index (χ0v) is 15.2. The lowest BCUT2D eigenvalue weighted by Crippen LogP contribution is -2.08. The van der Waals surface area contributed by atoms with Gasteiger partial charge in [-0.1, -0.05) is 24.3 Å².